The van der Waals surface area contributed by atoms with E-state index in [1.54, 1.807) is 12.1 Å². The Morgan fingerprint density at radius 2 is 1.89 bits per heavy atom. The molecule has 0 bridgehead atoms. The van der Waals surface area contributed by atoms with Crippen molar-refractivity contribution in [3.05, 3.63) is 63.2 Å². The fourth-order valence-corrected chi connectivity index (χ4v) is 2.21. The van der Waals surface area contributed by atoms with E-state index in [1.165, 1.54) is 0 Å². The van der Waals surface area contributed by atoms with Crippen LogP contribution in [0.2, 0.25) is 0 Å². The minimum Gasteiger partial charge on any atom is -0.454 e. The summed E-state index contributed by atoms with van der Waals surface area (Å²) in [6, 6.07) is 14.9. The summed E-state index contributed by atoms with van der Waals surface area (Å²) in [7, 11) is 0. The molecule has 2 aromatic carbocycles. The van der Waals surface area contributed by atoms with Crippen LogP contribution in [-0.4, -0.2) is 5.97 Å². The molecule has 0 aliphatic heterocycles. The van der Waals surface area contributed by atoms with Gasteiger partial charge in [0.25, 0.3) is 0 Å². The molecule has 4 heteroatoms. The summed E-state index contributed by atoms with van der Waals surface area (Å²) in [4.78, 5) is 12.1. The topological polar surface area (TPSA) is 52.3 Å². The molecule has 2 N–H and O–H groups in total. The SMILES string of the molecule is C[C@H](OC(=O)c1cc(I)ccc1N)c1ccccc1. The van der Waals surface area contributed by atoms with Gasteiger partial charge in [0, 0.05) is 9.26 Å². The third-order valence-corrected chi connectivity index (χ3v) is 3.46. The van der Waals surface area contributed by atoms with E-state index in [4.69, 9.17) is 10.5 Å². The first-order valence-corrected chi connectivity index (χ1v) is 6.97. The summed E-state index contributed by atoms with van der Waals surface area (Å²) in [5, 5.41) is 0. The van der Waals surface area contributed by atoms with Gasteiger partial charge in [-0.25, -0.2) is 4.79 Å². The van der Waals surface area contributed by atoms with E-state index in [-0.39, 0.29) is 6.10 Å². The van der Waals surface area contributed by atoms with Crippen LogP contribution in [-0.2, 0) is 4.74 Å². The van der Waals surface area contributed by atoms with E-state index in [0.717, 1.165) is 9.13 Å². The van der Waals surface area contributed by atoms with Gasteiger partial charge in [-0.15, -0.1) is 0 Å². The molecule has 0 spiro atoms. The van der Waals surface area contributed by atoms with Crippen LogP contribution in [0.4, 0.5) is 5.69 Å². The Morgan fingerprint density at radius 1 is 1.21 bits per heavy atom. The molecule has 0 aliphatic rings. The third kappa shape index (κ3) is 3.47. The van der Waals surface area contributed by atoms with Crippen molar-refractivity contribution in [1.29, 1.82) is 0 Å². The molecule has 0 amide bonds. The normalized spacial score (nSPS) is 11.9. The van der Waals surface area contributed by atoms with E-state index in [1.807, 2.05) is 43.3 Å². The number of rotatable bonds is 3. The van der Waals surface area contributed by atoms with Crippen LogP contribution < -0.4 is 5.73 Å². The van der Waals surface area contributed by atoms with Crippen LogP contribution >= 0.6 is 22.6 Å². The molecule has 2 rings (SSSR count). The first-order valence-electron chi connectivity index (χ1n) is 5.89. The van der Waals surface area contributed by atoms with E-state index in [0.29, 0.717) is 11.3 Å². The molecule has 0 saturated carbocycles. The van der Waals surface area contributed by atoms with Crippen molar-refractivity contribution in [3.8, 4) is 0 Å². The molecule has 0 unspecified atom stereocenters. The Labute approximate surface area is 125 Å². The van der Waals surface area contributed by atoms with Crippen molar-refractivity contribution in [2.45, 2.75) is 13.0 Å². The highest BCUT2D eigenvalue weighted by Gasteiger charge is 2.16. The van der Waals surface area contributed by atoms with Crippen molar-refractivity contribution < 1.29 is 9.53 Å². The highest BCUT2D eigenvalue weighted by Crippen LogP contribution is 2.22. The van der Waals surface area contributed by atoms with E-state index in [2.05, 4.69) is 22.6 Å². The number of hydrogen-bond acceptors (Lipinski definition) is 3. The highest BCUT2D eigenvalue weighted by molar-refractivity contribution is 14.1. The lowest BCUT2D eigenvalue weighted by molar-refractivity contribution is 0.0339. The standard InChI is InChI=1S/C15H14INO2/c1-10(11-5-3-2-4-6-11)19-15(18)13-9-12(16)7-8-14(13)17/h2-10H,17H2,1H3/t10-/m0/s1. The minimum atomic E-state index is -0.396. The molecule has 0 heterocycles. The first-order chi connectivity index (χ1) is 9.08. The Bertz CT molecular complexity index is 584. The van der Waals surface area contributed by atoms with Crippen LogP contribution in [0, 0.1) is 3.57 Å². The predicted octanol–water partition coefficient (Wildman–Crippen LogP) is 3.79. The molecular formula is C15H14INO2. The van der Waals surface area contributed by atoms with E-state index < -0.39 is 5.97 Å². The molecule has 1 atom stereocenters. The summed E-state index contributed by atoms with van der Waals surface area (Å²) in [6.07, 6.45) is -0.300. The fourth-order valence-electron chi connectivity index (χ4n) is 1.72. The molecule has 0 fully saturated rings. The van der Waals surface area contributed by atoms with E-state index in [9.17, 15) is 4.79 Å². The number of nitrogen functional groups attached to an aromatic ring is 1. The largest absolute Gasteiger partial charge is 0.454 e. The maximum absolute atomic E-state index is 12.1. The molecule has 2 aromatic rings. The Kier molecular flexibility index (Phi) is 4.42. The predicted molar refractivity (Wildman–Crippen MR) is 83.8 cm³/mol. The van der Waals surface area contributed by atoms with Gasteiger partial charge in [0.15, 0.2) is 0 Å². The Balaban J connectivity index is 2.15. The van der Waals surface area contributed by atoms with E-state index >= 15 is 0 Å². The zero-order chi connectivity index (χ0) is 13.8. The highest BCUT2D eigenvalue weighted by atomic mass is 127. The van der Waals surface area contributed by atoms with Crippen molar-refractivity contribution >= 4 is 34.2 Å². The van der Waals surface area contributed by atoms with Gasteiger partial charge < -0.3 is 10.5 Å². The summed E-state index contributed by atoms with van der Waals surface area (Å²) in [6.45, 7) is 1.84. The third-order valence-electron chi connectivity index (χ3n) is 2.79. The number of esters is 1. The van der Waals surface area contributed by atoms with Gasteiger partial charge in [-0.3, -0.25) is 0 Å². The average molecular weight is 367 g/mol. The summed E-state index contributed by atoms with van der Waals surface area (Å²) in [5.41, 5.74) is 7.61. The van der Waals surface area contributed by atoms with Gasteiger partial charge in [-0.1, -0.05) is 30.3 Å². The Morgan fingerprint density at radius 3 is 2.58 bits per heavy atom. The molecule has 0 aromatic heterocycles. The minimum absolute atomic E-state index is 0.300. The number of anilines is 1. The lowest BCUT2D eigenvalue weighted by atomic mass is 10.1. The van der Waals surface area contributed by atoms with Gasteiger partial charge in [-0.2, -0.15) is 0 Å². The monoisotopic (exact) mass is 367 g/mol. The van der Waals surface area contributed by atoms with Crippen molar-refractivity contribution in [2.24, 2.45) is 0 Å². The smallest absolute Gasteiger partial charge is 0.340 e. The lowest BCUT2D eigenvalue weighted by Crippen LogP contribution is -2.11. The second-order valence-electron chi connectivity index (χ2n) is 4.19. The number of carbonyl (C=O) groups is 1. The number of hydrogen-bond donors (Lipinski definition) is 1. The number of carbonyl (C=O) groups excluding carboxylic acids is 1. The van der Waals surface area contributed by atoms with Gasteiger partial charge in [0.2, 0.25) is 0 Å². The molecule has 0 radical (unpaired) electrons. The maximum Gasteiger partial charge on any atom is 0.340 e. The zero-order valence-electron chi connectivity index (χ0n) is 10.5. The molecule has 98 valence electrons. The van der Waals surface area contributed by atoms with Gasteiger partial charge in [-0.05, 0) is 53.3 Å². The second-order valence-corrected chi connectivity index (χ2v) is 5.44. The molecule has 3 nitrogen and oxygen atoms in total. The van der Waals surface area contributed by atoms with Crippen LogP contribution in [0.5, 0.6) is 0 Å². The van der Waals surface area contributed by atoms with Crippen molar-refractivity contribution in [1.82, 2.24) is 0 Å². The molecular weight excluding hydrogens is 353 g/mol. The summed E-state index contributed by atoms with van der Waals surface area (Å²) < 4.78 is 6.39. The number of nitrogens with two attached hydrogens (primary N) is 1. The second kappa shape index (κ2) is 6.06. The first kappa shape index (κ1) is 13.9. The molecule has 0 aliphatic carbocycles. The summed E-state index contributed by atoms with van der Waals surface area (Å²) in [5.74, 6) is -0.396. The number of halogens is 1. The zero-order valence-corrected chi connectivity index (χ0v) is 12.6. The lowest BCUT2D eigenvalue weighted by Gasteiger charge is -2.14. The quantitative estimate of drug-likeness (QED) is 0.510. The number of ether oxygens (including phenoxy) is 1. The number of benzene rings is 2. The van der Waals surface area contributed by atoms with Crippen molar-refractivity contribution in [3.63, 3.8) is 0 Å². The van der Waals surface area contributed by atoms with Crippen LogP contribution in [0.1, 0.15) is 28.9 Å². The maximum atomic E-state index is 12.1. The molecule has 0 saturated heterocycles. The summed E-state index contributed by atoms with van der Waals surface area (Å²) >= 11 is 2.14. The van der Waals surface area contributed by atoms with Crippen LogP contribution in [0.15, 0.2) is 48.5 Å². The molecule has 19 heavy (non-hydrogen) atoms. The van der Waals surface area contributed by atoms with Gasteiger partial charge >= 0.3 is 5.97 Å². The average Bonchev–Trinajstić information content (AvgIpc) is 2.42. The van der Waals surface area contributed by atoms with Gasteiger partial charge in [0.05, 0.1) is 5.56 Å². The Hall–Kier alpha value is -1.56. The van der Waals surface area contributed by atoms with Gasteiger partial charge in [0.1, 0.15) is 6.10 Å². The van der Waals surface area contributed by atoms with Crippen molar-refractivity contribution in [2.75, 3.05) is 5.73 Å². The van der Waals surface area contributed by atoms with Crippen LogP contribution in [0.25, 0.3) is 0 Å². The fraction of sp³-hybridized carbons (Fsp3) is 0.133. The van der Waals surface area contributed by atoms with Crippen LogP contribution in [0.3, 0.4) is 0 Å².